The van der Waals surface area contributed by atoms with Crippen molar-refractivity contribution >= 4 is 17.4 Å². The number of anilines is 2. The van der Waals surface area contributed by atoms with Crippen LogP contribution in [0.25, 0.3) is 0 Å². The van der Waals surface area contributed by atoms with Gasteiger partial charge in [0.05, 0.1) is 12.2 Å². The van der Waals surface area contributed by atoms with E-state index in [1.54, 1.807) is 13.0 Å². The fraction of sp³-hybridized carbons (Fsp3) is 0.167. The Labute approximate surface area is 111 Å². The molecule has 0 fully saturated rings. The van der Waals surface area contributed by atoms with E-state index in [2.05, 4.69) is 15.8 Å². The van der Waals surface area contributed by atoms with Gasteiger partial charge in [-0.3, -0.25) is 4.79 Å². The molecular weight excluding hydrogens is 275 g/mol. The van der Waals surface area contributed by atoms with Crippen LogP contribution in [0.4, 0.5) is 24.7 Å². The van der Waals surface area contributed by atoms with Gasteiger partial charge in [-0.05, 0) is 19.1 Å². The predicted molar refractivity (Wildman–Crippen MR) is 64.7 cm³/mol. The van der Waals surface area contributed by atoms with Crippen LogP contribution in [0.3, 0.4) is 0 Å². The third kappa shape index (κ3) is 3.08. The SMILES string of the molecule is Cc1cc(NCC(=O)Nc2ccc(F)c(F)c2F)no1. The molecule has 0 spiro atoms. The standard InChI is InChI=1S/C12H10F3N3O2/c1-6-4-9(18-20-6)16-5-10(19)17-8-3-2-7(13)11(14)12(8)15/h2-4H,5H2,1H3,(H,16,18)(H,17,19). The first-order valence-corrected chi connectivity index (χ1v) is 5.58. The Balaban J connectivity index is 1.96. The number of hydrogen-bond donors (Lipinski definition) is 2. The molecule has 20 heavy (non-hydrogen) atoms. The zero-order valence-electron chi connectivity index (χ0n) is 10.3. The monoisotopic (exact) mass is 285 g/mol. The number of aromatic nitrogens is 1. The summed E-state index contributed by atoms with van der Waals surface area (Å²) in [6.07, 6.45) is 0. The summed E-state index contributed by atoms with van der Waals surface area (Å²) in [7, 11) is 0. The van der Waals surface area contributed by atoms with Crippen LogP contribution >= 0.6 is 0 Å². The number of carbonyl (C=O) groups excluding carboxylic acids is 1. The van der Waals surface area contributed by atoms with E-state index in [0.717, 1.165) is 12.1 Å². The molecule has 2 rings (SSSR count). The highest BCUT2D eigenvalue weighted by Gasteiger charge is 2.15. The Kier molecular flexibility index (Phi) is 3.92. The van der Waals surface area contributed by atoms with Crippen LogP contribution in [-0.2, 0) is 4.79 Å². The van der Waals surface area contributed by atoms with Crippen molar-refractivity contribution in [1.82, 2.24) is 5.16 Å². The molecule has 0 saturated heterocycles. The Hall–Kier alpha value is -2.51. The first-order valence-electron chi connectivity index (χ1n) is 5.58. The Morgan fingerprint density at radius 2 is 2.05 bits per heavy atom. The lowest BCUT2D eigenvalue weighted by molar-refractivity contribution is -0.114. The largest absolute Gasteiger partial charge is 0.360 e. The lowest BCUT2D eigenvalue weighted by Gasteiger charge is -2.07. The summed E-state index contributed by atoms with van der Waals surface area (Å²) in [4.78, 5) is 11.5. The molecule has 2 N–H and O–H groups in total. The minimum Gasteiger partial charge on any atom is -0.360 e. The van der Waals surface area contributed by atoms with E-state index in [1.165, 1.54) is 0 Å². The molecule has 0 aliphatic rings. The highest BCUT2D eigenvalue weighted by atomic mass is 19.2. The molecule has 0 aliphatic carbocycles. The highest BCUT2D eigenvalue weighted by Crippen LogP contribution is 2.19. The van der Waals surface area contributed by atoms with Crippen LogP contribution in [0.5, 0.6) is 0 Å². The van der Waals surface area contributed by atoms with E-state index in [4.69, 9.17) is 4.52 Å². The molecule has 0 saturated carbocycles. The van der Waals surface area contributed by atoms with Crippen molar-refractivity contribution in [2.24, 2.45) is 0 Å². The van der Waals surface area contributed by atoms with Crippen molar-refractivity contribution in [2.75, 3.05) is 17.2 Å². The molecule has 0 unspecified atom stereocenters. The molecule has 0 bridgehead atoms. The fourth-order valence-electron chi connectivity index (χ4n) is 1.44. The maximum absolute atomic E-state index is 13.3. The Morgan fingerprint density at radius 3 is 2.70 bits per heavy atom. The summed E-state index contributed by atoms with van der Waals surface area (Å²) in [5, 5.41) is 8.33. The number of nitrogens with one attached hydrogen (secondary N) is 2. The maximum Gasteiger partial charge on any atom is 0.243 e. The van der Waals surface area contributed by atoms with Crippen LogP contribution in [0, 0.1) is 24.4 Å². The van der Waals surface area contributed by atoms with E-state index in [0.29, 0.717) is 11.6 Å². The number of nitrogens with zero attached hydrogens (tertiary/aromatic N) is 1. The Morgan fingerprint density at radius 1 is 1.30 bits per heavy atom. The summed E-state index contributed by atoms with van der Waals surface area (Å²) < 4.78 is 43.7. The van der Waals surface area contributed by atoms with Gasteiger partial charge in [-0.25, -0.2) is 13.2 Å². The Bertz CT molecular complexity index is 643. The first kappa shape index (κ1) is 13.9. The maximum atomic E-state index is 13.3. The van der Waals surface area contributed by atoms with Crippen LogP contribution < -0.4 is 10.6 Å². The lowest BCUT2D eigenvalue weighted by atomic mass is 10.2. The number of carbonyl (C=O) groups is 1. The van der Waals surface area contributed by atoms with Gasteiger partial charge in [-0.2, -0.15) is 0 Å². The van der Waals surface area contributed by atoms with Gasteiger partial charge in [-0.15, -0.1) is 0 Å². The second-order valence-electron chi connectivity index (χ2n) is 3.95. The zero-order valence-corrected chi connectivity index (χ0v) is 10.3. The van der Waals surface area contributed by atoms with Gasteiger partial charge in [0.15, 0.2) is 23.3 Å². The molecule has 106 valence electrons. The van der Waals surface area contributed by atoms with Crippen LogP contribution in [0.1, 0.15) is 5.76 Å². The second-order valence-corrected chi connectivity index (χ2v) is 3.95. The number of rotatable bonds is 4. The summed E-state index contributed by atoms with van der Waals surface area (Å²) in [6.45, 7) is 1.44. The normalized spacial score (nSPS) is 10.4. The van der Waals surface area contributed by atoms with Gasteiger partial charge < -0.3 is 15.2 Å². The van der Waals surface area contributed by atoms with Gasteiger partial charge in [0.25, 0.3) is 0 Å². The molecular formula is C12H10F3N3O2. The molecule has 0 atom stereocenters. The predicted octanol–water partition coefficient (Wildman–Crippen LogP) is 2.45. The second kappa shape index (κ2) is 5.64. The third-order valence-corrected chi connectivity index (χ3v) is 2.37. The van der Waals surface area contributed by atoms with Crippen LogP contribution in [-0.4, -0.2) is 17.6 Å². The van der Waals surface area contributed by atoms with Crippen molar-refractivity contribution in [2.45, 2.75) is 6.92 Å². The topological polar surface area (TPSA) is 67.2 Å². The average molecular weight is 285 g/mol. The fourth-order valence-corrected chi connectivity index (χ4v) is 1.44. The van der Waals surface area contributed by atoms with Gasteiger partial charge in [0.1, 0.15) is 5.76 Å². The van der Waals surface area contributed by atoms with Crippen molar-refractivity contribution in [3.63, 3.8) is 0 Å². The number of benzene rings is 1. The quantitative estimate of drug-likeness (QED) is 0.847. The molecule has 1 heterocycles. The molecule has 1 aromatic heterocycles. The minimum absolute atomic E-state index is 0.232. The zero-order chi connectivity index (χ0) is 14.7. The smallest absolute Gasteiger partial charge is 0.243 e. The number of amides is 1. The van der Waals surface area contributed by atoms with E-state index in [9.17, 15) is 18.0 Å². The van der Waals surface area contributed by atoms with E-state index in [1.807, 2.05) is 0 Å². The summed E-state index contributed by atoms with van der Waals surface area (Å²) in [6, 6.07) is 3.22. The molecule has 2 aromatic rings. The minimum atomic E-state index is -1.64. The van der Waals surface area contributed by atoms with Crippen molar-refractivity contribution in [3.05, 3.63) is 41.4 Å². The van der Waals surface area contributed by atoms with Gasteiger partial charge in [0.2, 0.25) is 5.91 Å². The molecule has 0 radical (unpaired) electrons. The van der Waals surface area contributed by atoms with Gasteiger partial charge in [0, 0.05) is 6.07 Å². The molecule has 1 aromatic carbocycles. The van der Waals surface area contributed by atoms with Crippen molar-refractivity contribution in [3.8, 4) is 0 Å². The summed E-state index contributed by atoms with van der Waals surface area (Å²) in [5.41, 5.74) is -0.438. The number of halogens is 3. The summed E-state index contributed by atoms with van der Waals surface area (Å²) in [5.74, 6) is -4.16. The van der Waals surface area contributed by atoms with Gasteiger partial charge >= 0.3 is 0 Å². The van der Waals surface area contributed by atoms with Gasteiger partial charge in [-0.1, -0.05) is 5.16 Å². The highest BCUT2D eigenvalue weighted by molar-refractivity contribution is 5.93. The molecule has 0 aliphatic heterocycles. The van der Waals surface area contributed by atoms with E-state index < -0.39 is 29.0 Å². The number of aryl methyl sites for hydroxylation is 1. The molecule has 5 nitrogen and oxygen atoms in total. The molecule has 1 amide bonds. The van der Waals surface area contributed by atoms with Crippen molar-refractivity contribution < 1.29 is 22.5 Å². The summed E-state index contributed by atoms with van der Waals surface area (Å²) >= 11 is 0. The van der Waals surface area contributed by atoms with Crippen LogP contribution in [0.15, 0.2) is 22.7 Å². The average Bonchev–Trinajstić information content (AvgIpc) is 2.83. The van der Waals surface area contributed by atoms with E-state index >= 15 is 0 Å². The molecule has 8 heteroatoms. The van der Waals surface area contributed by atoms with Crippen LogP contribution in [0.2, 0.25) is 0 Å². The van der Waals surface area contributed by atoms with Crippen molar-refractivity contribution in [1.29, 1.82) is 0 Å². The first-order chi connectivity index (χ1) is 9.47. The lowest BCUT2D eigenvalue weighted by Crippen LogP contribution is -2.22. The van der Waals surface area contributed by atoms with E-state index in [-0.39, 0.29) is 6.54 Å². The third-order valence-electron chi connectivity index (χ3n) is 2.37. The number of hydrogen-bond acceptors (Lipinski definition) is 4.